The van der Waals surface area contributed by atoms with Crippen LogP contribution in [0.1, 0.15) is 12.8 Å². The van der Waals surface area contributed by atoms with E-state index in [1.54, 1.807) is 11.1 Å². The van der Waals surface area contributed by atoms with Gasteiger partial charge >= 0.3 is 0 Å². The molecule has 0 unspecified atom stereocenters. The number of nitrogens with zero attached hydrogens (tertiary/aromatic N) is 3. The van der Waals surface area contributed by atoms with Gasteiger partial charge in [-0.25, -0.2) is 4.98 Å². The number of hydrogen-bond acceptors (Lipinski definition) is 5. The number of aromatic nitrogens is 1. The second-order valence-corrected chi connectivity index (χ2v) is 6.03. The third-order valence-corrected chi connectivity index (χ3v) is 4.68. The average Bonchev–Trinajstić information content (AvgIpc) is 2.54. The van der Waals surface area contributed by atoms with Crippen molar-refractivity contribution >= 4 is 17.4 Å². The van der Waals surface area contributed by atoms with E-state index in [-0.39, 0.29) is 11.8 Å². The van der Waals surface area contributed by atoms with Crippen molar-refractivity contribution in [3.05, 3.63) is 18.3 Å². The molecule has 6 heteroatoms. The predicted octanol–water partition coefficient (Wildman–Crippen LogP) is 0.879. The highest BCUT2D eigenvalue weighted by atomic mass is 16.5. The third kappa shape index (κ3) is 3.08. The monoisotopic (exact) mass is 304 g/mol. The maximum absolute atomic E-state index is 12.4. The Morgan fingerprint density at radius 2 is 2.09 bits per heavy atom. The third-order valence-electron chi connectivity index (χ3n) is 4.68. The predicted molar refractivity (Wildman–Crippen MR) is 86.3 cm³/mol. The summed E-state index contributed by atoms with van der Waals surface area (Å²) < 4.78 is 5.35. The maximum Gasteiger partial charge on any atom is 0.229 e. The molecule has 1 aromatic heterocycles. The van der Waals surface area contributed by atoms with Crippen molar-refractivity contribution in [1.82, 2.24) is 10.3 Å². The van der Waals surface area contributed by atoms with Crippen LogP contribution in [0.2, 0.25) is 0 Å². The lowest BCUT2D eigenvalue weighted by Crippen LogP contribution is -2.47. The summed E-state index contributed by atoms with van der Waals surface area (Å²) >= 11 is 0. The van der Waals surface area contributed by atoms with E-state index in [4.69, 9.17) is 4.74 Å². The van der Waals surface area contributed by atoms with E-state index in [1.807, 2.05) is 26.2 Å². The molecule has 2 aliphatic rings. The zero-order valence-electron chi connectivity index (χ0n) is 13.3. The second kappa shape index (κ2) is 6.62. The number of carbonyl (C=O) groups is 1. The lowest BCUT2D eigenvalue weighted by atomic mass is 9.79. The molecule has 2 fully saturated rings. The first-order valence-corrected chi connectivity index (χ1v) is 7.92. The van der Waals surface area contributed by atoms with Gasteiger partial charge in [0.2, 0.25) is 5.91 Å². The number of anilines is 2. The Hall–Kier alpha value is -1.66. The summed E-state index contributed by atoms with van der Waals surface area (Å²) in [6, 6.07) is 4.45. The minimum absolute atomic E-state index is 0.140. The van der Waals surface area contributed by atoms with Crippen LogP contribution in [-0.4, -0.2) is 57.3 Å². The molecular formula is C16H24N4O2. The summed E-state index contributed by atoms with van der Waals surface area (Å²) in [5.41, 5.74) is 0.856. The van der Waals surface area contributed by atoms with E-state index in [9.17, 15) is 4.79 Å². The number of carbonyl (C=O) groups excluding carboxylic acids is 1. The number of amides is 1. The van der Waals surface area contributed by atoms with E-state index >= 15 is 0 Å². The summed E-state index contributed by atoms with van der Waals surface area (Å²) in [6.45, 7) is 3.23. The normalized spacial score (nSPS) is 24.7. The van der Waals surface area contributed by atoms with Gasteiger partial charge in [-0.15, -0.1) is 0 Å². The van der Waals surface area contributed by atoms with Crippen molar-refractivity contribution in [3.8, 4) is 0 Å². The number of rotatable bonds is 4. The lowest BCUT2D eigenvalue weighted by Gasteiger charge is -2.36. The highest BCUT2D eigenvalue weighted by Crippen LogP contribution is 2.30. The van der Waals surface area contributed by atoms with Crippen molar-refractivity contribution in [2.24, 2.45) is 5.92 Å². The summed E-state index contributed by atoms with van der Waals surface area (Å²) in [7, 11) is 3.78. The van der Waals surface area contributed by atoms with Crippen LogP contribution in [0.4, 0.5) is 11.5 Å². The van der Waals surface area contributed by atoms with Crippen LogP contribution in [0.5, 0.6) is 0 Å². The summed E-state index contributed by atoms with van der Waals surface area (Å²) in [5, 5.41) is 3.21. The van der Waals surface area contributed by atoms with Crippen LogP contribution < -0.4 is 15.1 Å². The highest BCUT2D eigenvalue weighted by Gasteiger charge is 2.35. The molecule has 0 aromatic carbocycles. The topological polar surface area (TPSA) is 57.7 Å². The molecule has 0 bridgehead atoms. The molecule has 0 atom stereocenters. The van der Waals surface area contributed by atoms with E-state index in [1.165, 1.54) is 0 Å². The molecule has 1 saturated heterocycles. The number of morpholine rings is 1. The van der Waals surface area contributed by atoms with Crippen LogP contribution in [0.15, 0.2) is 18.3 Å². The number of ether oxygens (including phenoxy) is 1. The fourth-order valence-electron chi connectivity index (χ4n) is 3.01. The number of pyridine rings is 1. The fraction of sp³-hybridized carbons (Fsp3) is 0.625. The Bertz CT molecular complexity index is 507. The molecule has 1 aromatic rings. The van der Waals surface area contributed by atoms with E-state index in [0.29, 0.717) is 6.04 Å². The van der Waals surface area contributed by atoms with Gasteiger partial charge in [-0.1, -0.05) is 0 Å². The summed E-state index contributed by atoms with van der Waals surface area (Å²) in [6.07, 6.45) is 3.65. The fourth-order valence-corrected chi connectivity index (χ4v) is 3.01. The zero-order valence-corrected chi connectivity index (χ0v) is 13.3. The van der Waals surface area contributed by atoms with Gasteiger partial charge in [-0.3, -0.25) is 4.79 Å². The maximum atomic E-state index is 12.4. The Balaban J connectivity index is 1.61. The molecule has 22 heavy (non-hydrogen) atoms. The first kappa shape index (κ1) is 15.2. The summed E-state index contributed by atoms with van der Waals surface area (Å²) in [5.74, 6) is 1.28. The molecule has 1 N–H and O–H groups in total. The van der Waals surface area contributed by atoms with Crippen LogP contribution >= 0.6 is 0 Å². The van der Waals surface area contributed by atoms with Crippen LogP contribution in [0.25, 0.3) is 0 Å². The first-order valence-electron chi connectivity index (χ1n) is 7.92. The molecule has 6 nitrogen and oxygen atoms in total. The van der Waals surface area contributed by atoms with Crippen LogP contribution in [0.3, 0.4) is 0 Å². The Morgan fingerprint density at radius 3 is 2.68 bits per heavy atom. The van der Waals surface area contributed by atoms with Gasteiger partial charge in [0.1, 0.15) is 5.82 Å². The van der Waals surface area contributed by atoms with Gasteiger partial charge in [-0.05, 0) is 32.0 Å². The molecule has 3 rings (SSSR count). The molecule has 1 amide bonds. The molecule has 120 valence electrons. The first-order chi connectivity index (χ1) is 10.7. The van der Waals surface area contributed by atoms with Gasteiger partial charge in [-0.2, -0.15) is 0 Å². The van der Waals surface area contributed by atoms with Crippen molar-refractivity contribution in [3.63, 3.8) is 0 Å². The largest absolute Gasteiger partial charge is 0.378 e. The number of hydrogen-bond donors (Lipinski definition) is 1. The molecule has 1 aliphatic carbocycles. The molecule has 0 radical (unpaired) electrons. The Labute approximate surface area is 131 Å². The summed E-state index contributed by atoms with van der Waals surface area (Å²) in [4.78, 5) is 20.9. The SMILES string of the molecule is CNC1CC(C(=O)N(C)c2ccc(N3CCOCC3)nc2)C1. The Kier molecular flexibility index (Phi) is 4.59. The van der Waals surface area contributed by atoms with E-state index in [2.05, 4.69) is 15.2 Å². The van der Waals surface area contributed by atoms with Crippen LogP contribution in [0, 0.1) is 5.92 Å². The van der Waals surface area contributed by atoms with E-state index < -0.39 is 0 Å². The van der Waals surface area contributed by atoms with Gasteiger partial charge in [0, 0.05) is 32.1 Å². The van der Waals surface area contributed by atoms with Gasteiger partial charge < -0.3 is 19.9 Å². The molecule has 1 aliphatic heterocycles. The minimum Gasteiger partial charge on any atom is -0.378 e. The Morgan fingerprint density at radius 1 is 1.36 bits per heavy atom. The molecule has 0 spiro atoms. The standard InChI is InChI=1S/C16H24N4O2/c1-17-13-9-12(10-13)16(21)19(2)14-3-4-15(18-11-14)20-5-7-22-8-6-20/h3-4,11-13,17H,5-10H2,1-2H3. The van der Waals surface area contributed by atoms with Crippen molar-refractivity contribution in [1.29, 1.82) is 0 Å². The van der Waals surface area contributed by atoms with Gasteiger partial charge in [0.25, 0.3) is 0 Å². The van der Waals surface area contributed by atoms with Gasteiger partial charge in [0.05, 0.1) is 25.1 Å². The van der Waals surface area contributed by atoms with Crippen molar-refractivity contribution < 1.29 is 9.53 Å². The van der Waals surface area contributed by atoms with Crippen molar-refractivity contribution in [2.75, 3.05) is 50.2 Å². The molecule has 2 heterocycles. The van der Waals surface area contributed by atoms with Gasteiger partial charge in [0.15, 0.2) is 0 Å². The van der Waals surface area contributed by atoms with Crippen LogP contribution in [-0.2, 0) is 9.53 Å². The smallest absolute Gasteiger partial charge is 0.229 e. The number of nitrogens with one attached hydrogen (secondary N) is 1. The minimum atomic E-state index is 0.140. The van der Waals surface area contributed by atoms with Crippen molar-refractivity contribution in [2.45, 2.75) is 18.9 Å². The average molecular weight is 304 g/mol. The van der Waals surface area contributed by atoms with E-state index in [0.717, 1.165) is 50.7 Å². The lowest BCUT2D eigenvalue weighted by molar-refractivity contribution is -0.125. The quantitative estimate of drug-likeness (QED) is 0.895. The highest BCUT2D eigenvalue weighted by molar-refractivity contribution is 5.95. The molecular weight excluding hydrogens is 280 g/mol. The zero-order chi connectivity index (χ0) is 15.5. The second-order valence-electron chi connectivity index (χ2n) is 6.03. The molecule has 1 saturated carbocycles.